The zero-order valence-electron chi connectivity index (χ0n) is 27.0. The molecule has 0 unspecified atom stereocenters. The molecule has 7 heteroatoms. The highest BCUT2D eigenvalue weighted by Crippen LogP contribution is 2.43. The van der Waals surface area contributed by atoms with E-state index in [1.807, 2.05) is 58.9 Å². The first-order valence-corrected chi connectivity index (χ1v) is 15.7. The number of esters is 1. The van der Waals surface area contributed by atoms with Gasteiger partial charge < -0.3 is 19.9 Å². The number of carbonyl (C=O) groups excluding carboxylic acids is 1. The topological polar surface area (TPSA) is 83.7 Å². The third-order valence-corrected chi connectivity index (χ3v) is 7.98. The van der Waals surface area contributed by atoms with Crippen LogP contribution >= 0.6 is 0 Å². The Morgan fingerprint density at radius 1 is 1.14 bits per heavy atom. The van der Waals surface area contributed by atoms with E-state index in [0.717, 1.165) is 58.5 Å². The molecular weight excluding hydrogens is 555 g/mol. The number of halogens is 1. The van der Waals surface area contributed by atoms with E-state index >= 15 is 0 Å². The van der Waals surface area contributed by atoms with Crippen molar-refractivity contribution < 1.29 is 23.4 Å². The molecule has 0 spiro atoms. The number of benzene rings is 2. The zero-order chi connectivity index (χ0) is 31.8. The fourth-order valence-electron chi connectivity index (χ4n) is 6.33. The molecule has 3 aromatic rings. The Morgan fingerprint density at radius 2 is 1.86 bits per heavy atom. The number of anilines is 1. The van der Waals surface area contributed by atoms with Crippen LogP contribution < -0.4 is 5.73 Å². The van der Waals surface area contributed by atoms with E-state index in [0.29, 0.717) is 12.1 Å². The summed E-state index contributed by atoms with van der Waals surface area (Å²) in [5.74, 6) is -1.34. The van der Waals surface area contributed by atoms with Crippen molar-refractivity contribution in [3.63, 3.8) is 0 Å². The van der Waals surface area contributed by atoms with Crippen molar-refractivity contribution in [2.45, 2.75) is 110 Å². The van der Waals surface area contributed by atoms with Gasteiger partial charge in [-0.15, -0.1) is 0 Å². The number of nitrogen functional groups attached to an aromatic ring is 1. The molecule has 1 saturated heterocycles. The number of ether oxygens (including phenoxy) is 3. The number of nitrogens with two attached hydrogens (primary N) is 1. The summed E-state index contributed by atoms with van der Waals surface area (Å²) < 4.78 is 32.1. The number of fused-ring (bicyclic) bond motifs is 3. The third-order valence-electron chi connectivity index (χ3n) is 7.98. The van der Waals surface area contributed by atoms with E-state index in [4.69, 9.17) is 24.9 Å². The molecule has 234 valence electrons. The van der Waals surface area contributed by atoms with E-state index < -0.39 is 11.4 Å². The monoisotopic (exact) mass is 600 g/mol. The van der Waals surface area contributed by atoms with Crippen LogP contribution in [0.25, 0.3) is 28.5 Å². The molecule has 2 heterocycles. The molecule has 0 bridgehead atoms. The molecule has 2 N–H and O–H groups in total. The van der Waals surface area contributed by atoms with Gasteiger partial charge in [-0.05, 0) is 106 Å². The number of hydrogen-bond acceptors (Lipinski definition) is 6. The van der Waals surface area contributed by atoms with Gasteiger partial charge in [-0.2, -0.15) is 0 Å². The Labute approximate surface area is 260 Å². The molecule has 6 nitrogen and oxygen atoms in total. The van der Waals surface area contributed by atoms with Gasteiger partial charge in [0.2, 0.25) is 0 Å². The van der Waals surface area contributed by atoms with E-state index in [2.05, 4.69) is 32.1 Å². The second-order valence-corrected chi connectivity index (χ2v) is 13.7. The summed E-state index contributed by atoms with van der Waals surface area (Å²) in [6.07, 6.45) is 6.89. The average molecular weight is 601 g/mol. The molecule has 2 aromatic carbocycles. The zero-order valence-corrected chi connectivity index (χ0v) is 27.0. The van der Waals surface area contributed by atoms with Crippen LogP contribution in [0.3, 0.4) is 0 Å². The predicted molar refractivity (Wildman–Crippen MR) is 174 cm³/mol. The molecule has 1 fully saturated rings. The van der Waals surface area contributed by atoms with Crippen molar-refractivity contribution in [2.75, 3.05) is 5.73 Å². The quantitative estimate of drug-likeness (QED) is 0.226. The fraction of sp³-hybridized carbons (Fsp3) is 0.459. The van der Waals surface area contributed by atoms with E-state index in [-0.39, 0.29) is 36.3 Å². The molecule has 2 aliphatic rings. The lowest BCUT2D eigenvalue weighted by atomic mass is 9.86. The summed E-state index contributed by atoms with van der Waals surface area (Å²) >= 11 is 0. The van der Waals surface area contributed by atoms with Gasteiger partial charge in [0.1, 0.15) is 11.4 Å². The maximum atomic E-state index is 14.1. The summed E-state index contributed by atoms with van der Waals surface area (Å²) in [5, 5.41) is 0. The summed E-state index contributed by atoms with van der Waals surface area (Å²) in [6, 6.07) is 12.8. The Bertz CT molecular complexity index is 1550. The molecule has 0 saturated carbocycles. The van der Waals surface area contributed by atoms with Crippen LogP contribution in [0, 0.1) is 5.82 Å². The Kier molecular flexibility index (Phi) is 9.01. The number of aryl methyl sites for hydroxylation is 1. The van der Waals surface area contributed by atoms with E-state index in [9.17, 15) is 9.18 Å². The predicted octanol–water partition coefficient (Wildman–Crippen LogP) is 8.40. The molecule has 0 amide bonds. The lowest BCUT2D eigenvalue weighted by Gasteiger charge is -2.40. The van der Waals surface area contributed by atoms with Gasteiger partial charge in [0, 0.05) is 23.2 Å². The number of hydrogen-bond donors (Lipinski definition) is 1. The third kappa shape index (κ3) is 7.39. The lowest BCUT2D eigenvalue weighted by Crippen LogP contribution is -2.45. The molecule has 1 aromatic heterocycles. The van der Waals surface area contributed by atoms with Crippen molar-refractivity contribution >= 4 is 17.7 Å². The summed E-state index contributed by atoms with van der Waals surface area (Å²) in [4.78, 5) is 18.0. The summed E-state index contributed by atoms with van der Waals surface area (Å²) in [5.41, 5.74) is 14.8. The highest BCUT2D eigenvalue weighted by Gasteiger charge is 2.36. The van der Waals surface area contributed by atoms with Crippen molar-refractivity contribution in [2.24, 2.45) is 0 Å². The Morgan fingerprint density at radius 3 is 2.55 bits per heavy atom. The second-order valence-electron chi connectivity index (χ2n) is 13.7. The molecule has 2 atom stereocenters. The number of aromatic nitrogens is 1. The van der Waals surface area contributed by atoms with Crippen LogP contribution in [0.4, 0.5) is 10.1 Å². The van der Waals surface area contributed by atoms with Crippen molar-refractivity contribution in [3.8, 4) is 22.4 Å². The second kappa shape index (κ2) is 12.4. The van der Waals surface area contributed by atoms with Crippen molar-refractivity contribution in [1.82, 2.24) is 4.98 Å². The van der Waals surface area contributed by atoms with Gasteiger partial charge in [-0.3, -0.25) is 9.78 Å². The minimum atomic E-state index is -0.879. The molecule has 0 radical (unpaired) electrons. The minimum absolute atomic E-state index is 0.110. The first-order chi connectivity index (χ1) is 20.7. The molecule has 1 aliphatic heterocycles. The number of carbonyl (C=O) groups is 1. The minimum Gasteiger partial charge on any atom is -0.460 e. The molecule has 1 aliphatic carbocycles. The highest BCUT2D eigenvalue weighted by atomic mass is 19.1. The summed E-state index contributed by atoms with van der Waals surface area (Å²) in [7, 11) is 0. The molecule has 44 heavy (non-hydrogen) atoms. The van der Waals surface area contributed by atoms with Crippen LogP contribution in [0.2, 0.25) is 0 Å². The van der Waals surface area contributed by atoms with Gasteiger partial charge >= 0.3 is 5.97 Å². The van der Waals surface area contributed by atoms with Crippen LogP contribution in [0.15, 0.2) is 48.5 Å². The maximum absolute atomic E-state index is 14.1. The van der Waals surface area contributed by atoms with Crippen LogP contribution in [-0.2, 0) is 31.8 Å². The first kappa shape index (κ1) is 31.9. The normalized spacial score (nSPS) is 19.8. The highest BCUT2D eigenvalue weighted by molar-refractivity contribution is 5.86. The van der Waals surface area contributed by atoms with Gasteiger partial charge in [0.15, 0.2) is 5.79 Å². The van der Waals surface area contributed by atoms with Crippen molar-refractivity contribution in [3.05, 3.63) is 76.7 Å². The number of rotatable bonds is 6. The molecular formula is C37H45FN2O4. The van der Waals surface area contributed by atoms with Crippen molar-refractivity contribution in [1.29, 1.82) is 0 Å². The summed E-state index contributed by atoms with van der Waals surface area (Å²) in [6.45, 7) is 13.6. The average Bonchev–Trinajstić information content (AvgIpc) is 3.08. The van der Waals surface area contributed by atoms with Gasteiger partial charge in [0.05, 0.1) is 30.0 Å². The number of nitrogens with zero attached hydrogens (tertiary/aromatic N) is 1. The van der Waals surface area contributed by atoms with E-state index in [1.54, 1.807) is 0 Å². The SMILES string of the molecule is CC(C)c1nc2c(c(-c3ccc(F)cc3)c1/C=C/[C@@H]1C[C@H](CC(=O)OC(C)(C)C)OC(C)(C)O1)CCCc1ccc(N)cc1-2. The number of pyridine rings is 1. The lowest BCUT2D eigenvalue weighted by molar-refractivity contribution is -0.290. The smallest absolute Gasteiger partial charge is 0.308 e. The van der Waals surface area contributed by atoms with Gasteiger partial charge in [0.25, 0.3) is 0 Å². The maximum Gasteiger partial charge on any atom is 0.308 e. The van der Waals surface area contributed by atoms with E-state index in [1.165, 1.54) is 17.7 Å². The van der Waals surface area contributed by atoms with Crippen LogP contribution in [-0.4, -0.2) is 34.5 Å². The van der Waals surface area contributed by atoms with Gasteiger partial charge in [-0.25, -0.2) is 4.39 Å². The Balaban J connectivity index is 1.60. The Hall–Kier alpha value is -3.55. The first-order valence-electron chi connectivity index (χ1n) is 15.7. The largest absolute Gasteiger partial charge is 0.460 e. The van der Waals surface area contributed by atoms with Crippen LogP contribution in [0.1, 0.15) is 96.0 Å². The fourth-order valence-corrected chi connectivity index (χ4v) is 6.33. The standard InChI is InChI=1S/C37H45FN2O4/c1-22(2)34-30(18-17-27-20-28(43-37(6,7)42-27)21-32(41)44-36(3,4)5)33(24-11-14-25(38)15-12-24)29-10-8-9-23-13-16-26(39)19-31(23)35(29)40-34/h11-19,22,27-28H,8-10,20-21,39H2,1-7H3/b18-17+/t27-,28-/m1/s1. The van der Waals surface area contributed by atoms with Gasteiger partial charge in [-0.1, -0.05) is 44.2 Å². The molecule has 5 rings (SSSR count). The van der Waals surface area contributed by atoms with Crippen LogP contribution in [0.5, 0.6) is 0 Å².